The predicted octanol–water partition coefficient (Wildman–Crippen LogP) is 2.83. The Morgan fingerprint density at radius 2 is 1.97 bits per heavy atom. The molecule has 0 spiro atoms. The van der Waals surface area contributed by atoms with Gasteiger partial charge < -0.3 is 25.7 Å². The lowest BCUT2D eigenvalue weighted by molar-refractivity contribution is -0.117. The monoisotopic (exact) mass is 533 g/mol. The third-order valence-electron chi connectivity index (χ3n) is 6.60. The number of hydrogen-bond donors (Lipinski definition) is 3. The maximum Gasteiger partial charge on any atom is 0.261 e. The lowest BCUT2D eigenvalue weighted by Crippen LogP contribution is -2.52. The molecule has 198 valence electrons. The molecule has 0 unspecified atom stereocenters. The summed E-state index contributed by atoms with van der Waals surface area (Å²) in [7, 11) is 1.43. The maximum absolute atomic E-state index is 13.3. The van der Waals surface area contributed by atoms with Crippen molar-refractivity contribution in [3.63, 3.8) is 0 Å². The van der Waals surface area contributed by atoms with Crippen molar-refractivity contribution < 1.29 is 23.1 Å². The summed E-state index contributed by atoms with van der Waals surface area (Å²) in [6.07, 6.45) is 4.52. The Labute approximate surface area is 219 Å². The molecule has 11 heteroatoms. The lowest BCUT2D eigenvalue weighted by Gasteiger charge is -2.39. The van der Waals surface area contributed by atoms with Gasteiger partial charge in [0.05, 0.1) is 30.5 Å². The molecule has 37 heavy (non-hydrogen) atoms. The first-order chi connectivity index (χ1) is 17.7. The molecule has 8 nitrogen and oxygen atoms in total. The minimum Gasteiger partial charge on any atom is -0.495 e. The van der Waals surface area contributed by atoms with Gasteiger partial charge in [0.25, 0.3) is 17.7 Å². The van der Waals surface area contributed by atoms with Gasteiger partial charge in [-0.1, -0.05) is 11.6 Å². The fourth-order valence-corrected chi connectivity index (χ4v) is 4.66. The average molecular weight is 534 g/mol. The topological polar surface area (TPSA) is 97.8 Å². The number of carbonyl (C=O) groups is 2. The molecule has 0 aromatic heterocycles. The normalized spacial score (nSPS) is 20.8. The number of hydrogen-bond acceptors (Lipinski definition) is 6. The number of allylic oxidation sites excluding steroid dienone is 2. The van der Waals surface area contributed by atoms with Crippen molar-refractivity contribution in [1.29, 1.82) is 5.41 Å². The molecule has 2 amide bonds. The Bertz CT molecular complexity index is 1140. The smallest absolute Gasteiger partial charge is 0.261 e. The molecule has 0 radical (unpaired) electrons. The summed E-state index contributed by atoms with van der Waals surface area (Å²) in [6.45, 7) is 2.38. The van der Waals surface area contributed by atoms with Gasteiger partial charge in [0.1, 0.15) is 5.76 Å². The number of carbonyl (C=O) groups excluding carboxylic acids is 2. The van der Waals surface area contributed by atoms with Crippen LogP contribution in [0.15, 0.2) is 59.5 Å². The Kier molecular flexibility index (Phi) is 8.29. The van der Waals surface area contributed by atoms with Crippen molar-refractivity contribution in [3.05, 3.63) is 70.1 Å². The molecule has 0 atom stereocenters. The first-order valence-corrected chi connectivity index (χ1v) is 12.5. The molecule has 3 aliphatic rings. The summed E-state index contributed by atoms with van der Waals surface area (Å²) in [5.41, 5.74) is 1.48. The number of alkyl halides is 2. The van der Waals surface area contributed by atoms with E-state index in [4.69, 9.17) is 21.7 Å². The van der Waals surface area contributed by atoms with E-state index in [2.05, 4.69) is 10.6 Å². The van der Waals surface area contributed by atoms with E-state index in [0.29, 0.717) is 48.9 Å². The number of benzene rings is 1. The standard InChI is InChI=1S/C26H30ClF2N5O3/c1-37-23-20(24(35)32-9-11-33-10-8-26(28,29)16-33)6-7-22(30)21(23)13-31-12-17-14-34(15-17)25(36)18-2-4-19(27)5-3-18/h2-7,13,17,30-31H,8-12,14-16H2,1H3,(H,32,35)/b21-13+,30-22?. The van der Waals surface area contributed by atoms with E-state index in [9.17, 15) is 18.4 Å². The lowest BCUT2D eigenvalue weighted by atomic mass is 9.97. The highest BCUT2D eigenvalue weighted by molar-refractivity contribution is 6.30. The first-order valence-electron chi connectivity index (χ1n) is 12.1. The van der Waals surface area contributed by atoms with Crippen LogP contribution in [0.4, 0.5) is 8.78 Å². The first kappa shape index (κ1) is 26.8. The molecule has 0 saturated carbocycles. The van der Waals surface area contributed by atoms with Gasteiger partial charge in [-0.15, -0.1) is 0 Å². The molecule has 0 bridgehead atoms. The zero-order valence-electron chi connectivity index (χ0n) is 20.5. The van der Waals surface area contributed by atoms with E-state index >= 15 is 0 Å². The predicted molar refractivity (Wildman–Crippen MR) is 137 cm³/mol. The largest absolute Gasteiger partial charge is 0.495 e. The van der Waals surface area contributed by atoms with Crippen LogP contribution < -0.4 is 10.6 Å². The van der Waals surface area contributed by atoms with Crippen LogP contribution in [-0.2, 0) is 9.53 Å². The van der Waals surface area contributed by atoms with E-state index in [-0.39, 0.29) is 48.4 Å². The van der Waals surface area contributed by atoms with Gasteiger partial charge in [0.2, 0.25) is 0 Å². The number of rotatable bonds is 9. The molecule has 2 aliphatic heterocycles. The Balaban J connectivity index is 1.28. The molecule has 1 aromatic rings. The number of nitrogens with one attached hydrogen (secondary N) is 3. The second-order valence-corrected chi connectivity index (χ2v) is 9.82. The van der Waals surface area contributed by atoms with Crippen LogP contribution in [-0.4, -0.2) is 86.2 Å². The van der Waals surface area contributed by atoms with E-state index in [1.807, 2.05) is 0 Å². The third kappa shape index (κ3) is 6.56. The number of likely N-dealkylation sites (tertiary alicyclic amines) is 2. The Morgan fingerprint density at radius 1 is 1.24 bits per heavy atom. The maximum atomic E-state index is 13.3. The van der Waals surface area contributed by atoms with Gasteiger partial charge in [-0.25, -0.2) is 8.78 Å². The average Bonchev–Trinajstić information content (AvgIpc) is 3.19. The quantitative estimate of drug-likeness (QED) is 0.453. The highest BCUT2D eigenvalue weighted by atomic mass is 35.5. The number of methoxy groups -OCH3 is 1. The van der Waals surface area contributed by atoms with Crippen molar-refractivity contribution in [2.45, 2.75) is 12.3 Å². The van der Waals surface area contributed by atoms with Crippen molar-refractivity contribution in [2.75, 3.05) is 52.9 Å². The Hall–Kier alpha value is -3.24. The molecule has 2 heterocycles. The zero-order chi connectivity index (χ0) is 26.6. The van der Waals surface area contributed by atoms with Crippen LogP contribution in [0.2, 0.25) is 5.02 Å². The van der Waals surface area contributed by atoms with Crippen LogP contribution >= 0.6 is 11.6 Å². The summed E-state index contributed by atoms with van der Waals surface area (Å²) >= 11 is 5.88. The summed E-state index contributed by atoms with van der Waals surface area (Å²) in [6, 6.07) is 6.80. The summed E-state index contributed by atoms with van der Waals surface area (Å²) in [5, 5.41) is 14.8. The minimum absolute atomic E-state index is 0.0378. The van der Waals surface area contributed by atoms with Crippen molar-refractivity contribution in [2.24, 2.45) is 5.92 Å². The van der Waals surface area contributed by atoms with Crippen molar-refractivity contribution in [1.82, 2.24) is 20.4 Å². The van der Waals surface area contributed by atoms with E-state index < -0.39 is 11.8 Å². The highest BCUT2D eigenvalue weighted by Gasteiger charge is 2.37. The fraction of sp³-hybridized carbons (Fsp3) is 0.423. The third-order valence-corrected chi connectivity index (χ3v) is 6.85. The molecule has 4 rings (SSSR count). The molecule has 1 aliphatic carbocycles. The van der Waals surface area contributed by atoms with Gasteiger partial charge in [0, 0.05) is 68.4 Å². The second-order valence-electron chi connectivity index (χ2n) is 9.38. The number of nitrogens with zero attached hydrogens (tertiary/aromatic N) is 2. The Morgan fingerprint density at radius 3 is 2.62 bits per heavy atom. The van der Waals surface area contributed by atoms with E-state index in [1.54, 1.807) is 40.3 Å². The molecule has 2 saturated heterocycles. The zero-order valence-corrected chi connectivity index (χ0v) is 21.3. The summed E-state index contributed by atoms with van der Waals surface area (Å²) in [4.78, 5) is 28.7. The van der Waals surface area contributed by atoms with Crippen LogP contribution in [0.25, 0.3) is 0 Å². The number of ether oxygens (including phenoxy) is 1. The SMILES string of the molecule is COC1=C(C(=O)NCCN2CCC(F)(F)C2)C=CC(=N)/C1=C\NCC1CN(C(=O)c2ccc(Cl)cc2)C1. The van der Waals surface area contributed by atoms with E-state index in [1.165, 1.54) is 19.3 Å². The van der Waals surface area contributed by atoms with Gasteiger partial charge >= 0.3 is 0 Å². The highest BCUT2D eigenvalue weighted by Crippen LogP contribution is 2.27. The summed E-state index contributed by atoms with van der Waals surface area (Å²) in [5.74, 6) is -2.59. The summed E-state index contributed by atoms with van der Waals surface area (Å²) < 4.78 is 32.2. The van der Waals surface area contributed by atoms with Gasteiger partial charge in [-0.2, -0.15) is 0 Å². The number of amides is 2. The molecular formula is C26H30ClF2N5O3. The number of halogens is 3. The van der Waals surface area contributed by atoms with Crippen LogP contribution in [0.1, 0.15) is 16.8 Å². The van der Waals surface area contributed by atoms with Crippen molar-refractivity contribution >= 4 is 29.1 Å². The molecule has 3 N–H and O–H groups in total. The van der Waals surface area contributed by atoms with Crippen LogP contribution in [0.5, 0.6) is 0 Å². The second kappa shape index (κ2) is 11.4. The van der Waals surface area contributed by atoms with Crippen LogP contribution in [0, 0.1) is 11.3 Å². The fourth-order valence-electron chi connectivity index (χ4n) is 4.53. The molecule has 2 fully saturated rings. The van der Waals surface area contributed by atoms with Crippen LogP contribution in [0.3, 0.4) is 0 Å². The van der Waals surface area contributed by atoms with Gasteiger partial charge in [-0.3, -0.25) is 14.5 Å². The van der Waals surface area contributed by atoms with E-state index in [0.717, 1.165) is 0 Å². The molecular weight excluding hydrogens is 504 g/mol. The molecule has 1 aromatic carbocycles. The van der Waals surface area contributed by atoms with Crippen molar-refractivity contribution in [3.8, 4) is 0 Å². The van der Waals surface area contributed by atoms with Gasteiger partial charge in [-0.05, 0) is 36.4 Å². The minimum atomic E-state index is -2.67. The van der Waals surface area contributed by atoms with Gasteiger partial charge in [0.15, 0.2) is 0 Å².